The number of aromatic nitrogens is 1. The third-order valence-corrected chi connectivity index (χ3v) is 2.03. The van der Waals surface area contributed by atoms with E-state index in [0.717, 1.165) is 6.20 Å². The van der Waals surface area contributed by atoms with E-state index in [1.165, 1.54) is 17.2 Å². The van der Waals surface area contributed by atoms with Gasteiger partial charge in [-0.1, -0.05) is 0 Å². The molecule has 1 aromatic rings. The minimum Gasteiger partial charge on any atom is -0.395 e. The monoisotopic (exact) mass is 228 g/mol. The van der Waals surface area contributed by atoms with Crippen molar-refractivity contribution in [3.05, 3.63) is 29.8 Å². The van der Waals surface area contributed by atoms with Crippen molar-refractivity contribution < 1.29 is 19.4 Å². The Morgan fingerprint density at radius 2 is 2.00 bits per heavy atom. The predicted molar refractivity (Wildman–Crippen MR) is 54.3 cm³/mol. The summed E-state index contributed by atoms with van der Waals surface area (Å²) in [6, 6.07) is 1.26. The smallest absolute Gasteiger partial charge is 0.257 e. The molecule has 0 aliphatic heterocycles. The summed E-state index contributed by atoms with van der Waals surface area (Å²) in [6.07, 6.45) is 2.26. The van der Waals surface area contributed by atoms with Gasteiger partial charge in [0.1, 0.15) is 0 Å². The molecule has 0 unspecified atom stereocenters. The highest BCUT2D eigenvalue weighted by Crippen LogP contribution is 2.08. The van der Waals surface area contributed by atoms with Gasteiger partial charge in [-0.3, -0.25) is 9.78 Å². The molecule has 0 aliphatic rings. The van der Waals surface area contributed by atoms with Crippen molar-refractivity contribution in [2.45, 2.75) is 0 Å². The van der Waals surface area contributed by atoms with Gasteiger partial charge in [0.2, 0.25) is 0 Å². The van der Waals surface area contributed by atoms with E-state index in [4.69, 9.17) is 10.2 Å². The normalized spacial score (nSPS) is 10.2. The van der Waals surface area contributed by atoms with Crippen molar-refractivity contribution in [2.75, 3.05) is 26.3 Å². The fourth-order valence-electron chi connectivity index (χ4n) is 1.28. The van der Waals surface area contributed by atoms with Crippen LogP contribution in [0.15, 0.2) is 18.5 Å². The molecule has 88 valence electrons. The Labute approximate surface area is 92.2 Å². The van der Waals surface area contributed by atoms with Gasteiger partial charge >= 0.3 is 0 Å². The maximum atomic E-state index is 13.2. The van der Waals surface area contributed by atoms with Crippen molar-refractivity contribution in [1.29, 1.82) is 0 Å². The second-order valence-electron chi connectivity index (χ2n) is 3.09. The average molecular weight is 228 g/mol. The lowest BCUT2D eigenvalue weighted by Gasteiger charge is -2.20. The van der Waals surface area contributed by atoms with E-state index in [1.807, 2.05) is 0 Å². The molecule has 0 saturated carbocycles. The fourth-order valence-corrected chi connectivity index (χ4v) is 1.28. The van der Waals surface area contributed by atoms with Gasteiger partial charge in [-0.25, -0.2) is 4.39 Å². The lowest BCUT2D eigenvalue weighted by atomic mass is 10.2. The van der Waals surface area contributed by atoms with Crippen LogP contribution in [0.25, 0.3) is 0 Å². The number of aliphatic hydroxyl groups excluding tert-OH is 2. The third kappa shape index (κ3) is 2.98. The predicted octanol–water partition coefficient (Wildman–Crippen LogP) is -0.352. The molecule has 0 atom stereocenters. The number of carbonyl (C=O) groups is 1. The molecule has 16 heavy (non-hydrogen) atoms. The summed E-state index contributed by atoms with van der Waals surface area (Å²) in [7, 11) is 0. The largest absolute Gasteiger partial charge is 0.395 e. The fraction of sp³-hybridized carbons (Fsp3) is 0.400. The van der Waals surface area contributed by atoms with Gasteiger partial charge in [0, 0.05) is 19.3 Å². The molecule has 6 heteroatoms. The first-order valence-electron chi connectivity index (χ1n) is 4.81. The zero-order valence-electron chi connectivity index (χ0n) is 8.64. The number of amides is 1. The molecule has 5 nitrogen and oxygen atoms in total. The maximum absolute atomic E-state index is 13.2. The molecule has 0 saturated heterocycles. The molecule has 1 rings (SSSR count). The van der Waals surface area contributed by atoms with E-state index in [9.17, 15) is 9.18 Å². The van der Waals surface area contributed by atoms with E-state index in [0.29, 0.717) is 0 Å². The number of nitrogens with zero attached hydrogens (tertiary/aromatic N) is 2. The Hall–Kier alpha value is -1.53. The summed E-state index contributed by atoms with van der Waals surface area (Å²) in [5.74, 6) is -1.28. The maximum Gasteiger partial charge on any atom is 0.257 e. The van der Waals surface area contributed by atoms with Crippen LogP contribution >= 0.6 is 0 Å². The van der Waals surface area contributed by atoms with E-state index >= 15 is 0 Å². The standard InChI is InChI=1S/C10H13FN2O3/c11-9-7-12-2-1-8(9)10(16)13(3-5-14)4-6-15/h1-2,7,14-15H,3-6H2. The van der Waals surface area contributed by atoms with Crippen LogP contribution in [-0.2, 0) is 0 Å². The van der Waals surface area contributed by atoms with Gasteiger partial charge in [-0.05, 0) is 6.07 Å². The highest BCUT2D eigenvalue weighted by atomic mass is 19.1. The third-order valence-electron chi connectivity index (χ3n) is 2.03. The quantitative estimate of drug-likeness (QED) is 0.722. The van der Waals surface area contributed by atoms with Crippen molar-refractivity contribution in [2.24, 2.45) is 0 Å². The Kier molecular flexibility index (Phi) is 4.81. The summed E-state index contributed by atoms with van der Waals surface area (Å²) < 4.78 is 13.2. The summed E-state index contributed by atoms with van der Waals surface area (Å²) in [5.41, 5.74) is -0.114. The minimum absolute atomic E-state index is 0.0567. The number of pyridine rings is 1. The molecule has 1 heterocycles. The highest BCUT2D eigenvalue weighted by molar-refractivity contribution is 5.94. The molecule has 2 N–H and O–H groups in total. The Morgan fingerprint density at radius 1 is 1.38 bits per heavy atom. The van der Waals surface area contributed by atoms with Crippen LogP contribution < -0.4 is 0 Å². The van der Waals surface area contributed by atoms with Crippen molar-refractivity contribution in [1.82, 2.24) is 9.88 Å². The summed E-state index contributed by atoms with van der Waals surface area (Å²) >= 11 is 0. The molecule has 1 aromatic heterocycles. The number of halogens is 1. The molecule has 0 aliphatic carbocycles. The van der Waals surface area contributed by atoms with Crippen LogP contribution in [-0.4, -0.2) is 52.3 Å². The number of carbonyl (C=O) groups excluding carboxylic acids is 1. The highest BCUT2D eigenvalue weighted by Gasteiger charge is 2.18. The average Bonchev–Trinajstić information content (AvgIpc) is 2.28. The second-order valence-corrected chi connectivity index (χ2v) is 3.09. The van der Waals surface area contributed by atoms with Crippen LogP contribution in [0.3, 0.4) is 0 Å². The number of hydrogen-bond donors (Lipinski definition) is 2. The summed E-state index contributed by atoms with van der Waals surface area (Å²) in [5, 5.41) is 17.5. The molecule has 0 fully saturated rings. The van der Waals surface area contributed by atoms with Crippen LogP contribution in [0.5, 0.6) is 0 Å². The first-order valence-corrected chi connectivity index (χ1v) is 4.81. The molecular weight excluding hydrogens is 215 g/mol. The zero-order chi connectivity index (χ0) is 12.0. The zero-order valence-corrected chi connectivity index (χ0v) is 8.64. The minimum atomic E-state index is -0.714. The van der Waals surface area contributed by atoms with Crippen molar-refractivity contribution >= 4 is 5.91 Å². The topological polar surface area (TPSA) is 73.7 Å². The molecular formula is C10H13FN2O3. The van der Waals surface area contributed by atoms with Gasteiger partial charge in [0.05, 0.1) is 25.0 Å². The van der Waals surface area contributed by atoms with Crippen molar-refractivity contribution in [3.8, 4) is 0 Å². The molecule has 1 amide bonds. The van der Waals surface area contributed by atoms with Gasteiger partial charge in [0.15, 0.2) is 5.82 Å². The first-order chi connectivity index (χ1) is 7.70. The van der Waals surface area contributed by atoms with Crippen LogP contribution in [0.2, 0.25) is 0 Å². The Balaban J connectivity index is 2.85. The number of rotatable bonds is 5. The Bertz CT molecular complexity index is 354. The SMILES string of the molecule is O=C(c1ccncc1F)N(CCO)CCO. The van der Waals surface area contributed by atoms with E-state index in [2.05, 4.69) is 4.98 Å². The van der Waals surface area contributed by atoms with Crippen LogP contribution in [0, 0.1) is 5.82 Å². The van der Waals surface area contributed by atoms with E-state index in [1.54, 1.807) is 0 Å². The van der Waals surface area contributed by atoms with Gasteiger partial charge in [0.25, 0.3) is 5.91 Å². The number of hydrogen-bond acceptors (Lipinski definition) is 4. The lowest BCUT2D eigenvalue weighted by molar-refractivity contribution is 0.0680. The molecule has 0 bridgehead atoms. The summed E-state index contributed by atoms with van der Waals surface area (Å²) in [6.45, 7) is -0.362. The van der Waals surface area contributed by atoms with Gasteiger partial charge in [-0.2, -0.15) is 0 Å². The Morgan fingerprint density at radius 3 is 2.50 bits per heavy atom. The molecule has 0 spiro atoms. The summed E-state index contributed by atoms with van der Waals surface area (Å²) in [4.78, 5) is 16.5. The number of aliphatic hydroxyl groups is 2. The second kappa shape index (κ2) is 6.14. The van der Waals surface area contributed by atoms with Crippen LogP contribution in [0.4, 0.5) is 4.39 Å². The first kappa shape index (κ1) is 12.5. The molecule has 0 aromatic carbocycles. The van der Waals surface area contributed by atoms with Crippen molar-refractivity contribution in [3.63, 3.8) is 0 Å². The van der Waals surface area contributed by atoms with E-state index in [-0.39, 0.29) is 31.9 Å². The molecule has 0 radical (unpaired) electrons. The van der Waals surface area contributed by atoms with E-state index < -0.39 is 11.7 Å². The lowest BCUT2D eigenvalue weighted by Crippen LogP contribution is -2.36. The van der Waals surface area contributed by atoms with Gasteiger partial charge in [-0.15, -0.1) is 0 Å². The van der Waals surface area contributed by atoms with Crippen LogP contribution in [0.1, 0.15) is 10.4 Å². The van der Waals surface area contributed by atoms with Gasteiger partial charge < -0.3 is 15.1 Å².